The van der Waals surface area contributed by atoms with Crippen LogP contribution in [0, 0.1) is 0 Å². The molecule has 4 N–H and O–H groups in total. The number of carbonyl (C=O) groups excluding carboxylic acids is 2. The lowest BCUT2D eigenvalue weighted by Gasteiger charge is -2.27. The summed E-state index contributed by atoms with van der Waals surface area (Å²) < 4.78 is 0. The molecule has 1 heterocycles. The Morgan fingerprint density at radius 3 is 2.43 bits per heavy atom. The highest BCUT2D eigenvalue weighted by atomic mass is 16.4. The van der Waals surface area contributed by atoms with Crippen LogP contribution in [0.25, 0.3) is 0 Å². The summed E-state index contributed by atoms with van der Waals surface area (Å²) in [5.74, 6) is -1.71. The summed E-state index contributed by atoms with van der Waals surface area (Å²) >= 11 is 0. The second-order valence-electron chi connectivity index (χ2n) is 5.07. The molecule has 0 saturated carbocycles. The van der Waals surface area contributed by atoms with Gasteiger partial charge in [-0.3, -0.25) is 19.3 Å². The van der Waals surface area contributed by atoms with Crippen LogP contribution in [0.4, 0.5) is 0 Å². The minimum Gasteiger partial charge on any atom is -0.480 e. The predicted octanol–water partition coefficient (Wildman–Crippen LogP) is -1.62. The van der Waals surface area contributed by atoms with Gasteiger partial charge < -0.3 is 21.1 Å². The standard InChI is InChI=1S/C13H24N4O4/c1-10(13(20)21)16-12(19)3-2-11(18)15-6-9-17-7-4-14-5-8-17/h10,14H,2-9H2,1H3,(H,15,18)(H,16,19)(H,20,21). The highest BCUT2D eigenvalue weighted by molar-refractivity contribution is 5.86. The number of amides is 2. The SMILES string of the molecule is CC(NC(=O)CCC(=O)NCCN1CCNCC1)C(=O)O. The Morgan fingerprint density at radius 1 is 1.19 bits per heavy atom. The van der Waals surface area contributed by atoms with Gasteiger partial charge in [0.25, 0.3) is 0 Å². The van der Waals surface area contributed by atoms with Crippen LogP contribution < -0.4 is 16.0 Å². The summed E-state index contributed by atoms with van der Waals surface area (Å²) in [7, 11) is 0. The number of carbonyl (C=O) groups is 3. The highest BCUT2D eigenvalue weighted by Crippen LogP contribution is 1.93. The quantitative estimate of drug-likeness (QED) is 0.429. The third kappa shape index (κ3) is 7.62. The highest BCUT2D eigenvalue weighted by Gasteiger charge is 2.15. The van der Waals surface area contributed by atoms with Gasteiger partial charge in [0.2, 0.25) is 11.8 Å². The maximum absolute atomic E-state index is 11.6. The Morgan fingerprint density at radius 2 is 1.81 bits per heavy atom. The van der Waals surface area contributed by atoms with E-state index in [2.05, 4.69) is 20.9 Å². The average Bonchev–Trinajstić information content (AvgIpc) is 2.46. The molecule has 0 aliphatic carbocycles. The molecular weight excluding hydrogens is 276 g/mol. The summed E-state index contributed by atoms with van der Waals surface area (Å²) in [6, 6.07) is -0.937. The molecule has 8 nitrogen and oxygen atoms in total. The van der Waals surface area contributed by atoms with Gasteiger partial charge in [-0.1, -0.05) is 0 Å². The number of hydrogen-bond donors (Lipinski definition) is 4. The second kappa shape index (κ2) is 9.30. The molecule has 0 aromatic rings. The van der Waals surface area contributed by atoms with E-state index in [4.69, 9.17) is 5.11 Å². The maximum atomic E-state index is 11.6. The van der Waals surface area contributed by atoms with E-state index in [1.807, 2.05) is 0 Å². The molecule has 21 heavy (non-hydrogen) atoms. The van der Waals surface area contributed by atoms with Crippen molar-refractivity contribution < 1.29 is 19.5 Å². The molecule has 1 aliphatic heterocycles. The molecular formula is C13H24N4O4. The Labute approximate surface area is 124 Å². The molecule has 1 unspecified atom stereocenters. The van der Waals surface area contributed by atoms with Crippen molar-refractivity contribution in [2.24, 2.45) is 0 Å². The Balaban J connectivity index is 2.07. The summed E-state index contributed by atoms with van der Waals surface area (Å²) in [4.78, 5) is 35.8. The van der Waals surface area contributed by atoms with Crippen LogP contribution in [0.1, 0.15) is 19.8 Å². The zero-order valence-corrected chi connectivity index (χ0v) is 12.4. The number of carboxylic acids is 1. The van der Waals surface area contributed by atoms with E-state index in [-0.39, 0.29) is 18.7 Å². The fraction of sp³-hybridized carbons (Fsp3) is 0.769. The van der Waals surface area contributed by atoms with Crippen LogP contribution in [0.15, 0.2) is 0 Å². The van der Waals surface area contributed by atoms with E-state index in [1.54, 1.807) is 0 Å². The third-order valence-electron chi connectivity index (χ3n) is 3.29. The van der Waals surface area contributed by atoms with Gasteiger partial charge in [-0.05, 0) is 6.92 Å². The summed E-state index contributed by atoms with van der Waals surface area (Å²) in [5, 5.41) is 17.0. The van der Waals surface area contributed by atoms with E-state index in [1.165, 1.54) is 6.92 Å². The summed E-state index contributed by atoms with van der Waals surface area (Å²) in [6.07, 6.45) is 0.0663. The Kier molecular flexibility index (Phi) is 7.70. The monoisotopic (exact) mass is 300 g/mol. The maximum Gasteiger partial charge on any atom is 0.325 e. The van der Waals surface area contributed by atoms with Crippen LogP contribution >= 0.6 is 0 Å². The van der Waals surface area contributed by atoms with Gasteiger partial charge in [0, 0.05) is 52.1 Å². The van der Waals surface area contributed by atoms with Gasteiger partial charge in [0.1, 0.15) is 6.04 Å². The number of aliphatic carboxylic acids is 1. The molecule has 0 aromatic heterocycles. The number of nitrogens with one attached hydrogen (secondary N) is 3. The lowest BCUT2D eigenvalue weighted by atomic mass is 10.2. The van der Waals surface area contributed by atoms with Gasteiger partial charge in [0.05, 0.1) is 0 Å². The first kappa shape index (κ1) is 17.4. The molecule has 0 bridgehead atoms. The zero-order chi connectivity index (χ0) is 15.7. The normalized spacial score (nSPS) is 17.0. The number of piperazine rings is 1. The van der Waals surface area contributed by atoms with Gasteiger partial charge in [-0.15, -0.1) is 0 Å². The predicted molar refractivity (Wildman–Crippen MR) is 76.8 cm³/mol. The molecule has 1 atom stereocenters. The van der Waals surface area contributed by atoms with Gasteiger partial charge in [-0.2, -0.15) is 0 Å². The third-order valence-corrected chi connectivity index (χ3v) is 3.29. The van der Waals surface area contributed by atoms with E-state index >= 15 is 0 Å². The van der Waals surface area contributed by atoms with Crippen LogP contribution in [0.2, 0.25) is 0 Å². The Bertz CT molecular complexity index is 369. The first-order valence-corrected chi connectivity index (χ1v) is 7.21. The van der Waals surface area contributed by atoms with Crippen molar-refractivity contribution in [1.29, 1.82) is 0 Å². The van der Waals surface area contributed by atoms with Gasteiger partial charge in [-0.25, -0.2) is 0 Å². The van der Waals surface area contributed by atoms with E-state index in [9.17, 15) is 14.4 Å². The number of carboxylic acid groups (broad SMARTS) is 1. The molecule has 1 aliphatic rings. The molecule has 0 radical (unpaired) electrons. The van der Waals surface area contributed by atoms with Crippen molar-refractivity contribution in [3.8, 4) is 0 Å². The number of hydrogen-bond acceptors (Lipinski definition) is 5. The molecule has 1 rings (SSSR count). The lowest BCUT2D eigenvalue weighted by molar-refractivity contribution is -0.141. The molecule has 1 fully saturated rings. The van der Waals surface area contributed by atoms with Crippen LogP contribution in [-0.2, 0) is 14.4 Å². The lowest BCUT2D eigenvalue weighted by Crippen LogP contribution is -2.46. The van der Waals surface area contributed by atoms with Crippen LogP contribution in [0.3, 0.4) is 0 Å². The first-order valence-electron chi connectivity index (χ1n) is 7.21. The molecule has 1 saturated heterocycles. The fourth-order valence-electron chi connectivity index (χ4n) is 1.98. The average molecular weight is 300 g/mol. The minimum absolute atomic E-state index is 0.00289. The van der Waals surface area contributed by atoms with Crippen LogP contribution in [-0.4, -0.2) is 73.1 Å². The Hall–Kier alpha value is -1.67. The van der Waals surface area contributed by atoms with Crippen LogP contribution in [0.5, 0.6) is 0 Å². The van der Waals surface area contributed by atoms with Crippen molar-refractivity contribution in [1.82, 2.24) is 20.9 Å². The molecule has 0 aromatic carbocycles. The minimum atomic E-state index is -1.09. The topological polar surface area (TPSA) is 111 Å². The first-order chi connectivity index (χ1) is 9.99. The van der Waals surface area contributed by atoms with E-state index < -0.39 is 17.9 Å². The fourth-order valence-corrected chi connectivity index (χ4v) is 1.98. The second-order valence-corrected chi connectivity index (χ2v) is 5.07. The smallest absolute Gasteiger partial charge is 0.325 e. The van der Waals surface area contributed by atoms with E-state index in [0.717, 1.165) is 32.7 Å². The summed E-state index contributed by atoms with van der Waals surface area (Å²) in [5.41, 5.74) is 0. The zero-order valence-electron chi connectivity index (χ0n) is 12.4. The largest absolute Gasteiger partial charge is 0.480 e. The number of nitrogens with zero attached hydrogens (tertiary/aromatic N) is 1. The van der Waals surface area contributed by atoms with Gasteiger partial charge in [0.15, 0.2) is 0 Å². The van der Waals surface area contributed by atoms with Gasteiger partial charge >= 0.3 is 5.97 Å². The van der Waals surface area contributed by atoms with Crippen molar-refractivity contribution in [2.45, 2.75) is 25.8 Å². The van der Waals surface area contributed by atoms with Crippen molar-refractivity contribution in [3.05, 3.63) is 0 Å². The van der Waals surface area contributed by atoms with Crippen molar-refractivity contribution in [2.75, 3.05) is 39.3 Å². The number of rotatable bonds is 8. The van der Waals surface area contributed by atoms with E-state index in [0.29, 0.717) is 6.54 Å². The summed E-state index contributed by atoms with van der Waals surface area (Å²) in [6.45, 7) is 6.64. The van der Waals surface area contributed by atoms with Crippen molar-refractivity contribution >= 4 is 17.8 Å². The molecule has 120 valence electrons. The van der Waals surface area contributed by atoms with Crippen molar-refractivity contribution in [3.63, 3.8) is 0 Å². The molecule has 0 spiro atoms. The molecule has 2 amide bonds. The molecule has 8 heteroatoms.